The minimum absolute atomic E-state index is 0.140. The van der Waals surface area contributed by atoms with Crippen molar-refractivity contribution in [2.45, 2.75) is 109 Å². The van der Waals surface area contributed by atoms with Crippen LogP contribution in [0.25, 0.3) is 0 Å². The number of carbonyl (C=O) groups excluding carboxylic acids is 1. The Morgan fingerprint density at radius 3 is 1.76 bits per heavy atom. The van der Waals surface area contributed by atoms with Gasteiger partial charge < -0.3 is 5.32 Å². The summed E-state index contributed by atoms with van der Waals surface area (Å²) in [6.07, 6.45) is 13.0. The first-order chi connectivity index (χ1) is 16.0. The van der Waals surface area contributed by atoms with Crippen molar-refractivity contribution in [2.75, 3.05) is 0 Å². The van der Waals surface area contributed by atoms with Crippen molar-refractivity contribution in [1.29, 1.82) is 0 Å². The highest BCUT2D eigenvalue weighted by atomic mass is 28.3. The molecule has 0 heterocycles. The number of rotatable bonds is 17. The predicted molar refractivity (Wildman–Crippen MR) is 147 cm³/mol. The Morgan fingerprint density at radius 2 is 1.21 bits per heavy atom. The quantitative estimate of drug-likeness (QED) is 0.185. The molecular weight excluding hydrogens is 418 g/mol. The number of nitrogens with one attached hydrogen (secondary N) is 1. The molecule has 0 fully saturated rings. The largest absolute Gasteiger partial charge is 0.353 e. The van der Waals surface area contributed by atoms with Crippen LogP contribution in [0, 0.1) is 0 Å². The Morgan fingerprint density at radius 1 is 0.727 bits per heavy atom. The standard InChI is InChI=1S/C30H47NOSi/c1-4-5-6-7-8-16-23-33(2,3)24-17-15-22-30(32)31-29(25-27-18-11-9-12-19-27)26-28-20-13-10-14-21-28/h9-14,18-21,29H,4-8,15-17,22-26H2,1-3H3,(H,31,32). The molecule has 0 aromatic heterocycles. The number of unbranched alkanes of at least 4 members (excludes halogenated alkanes) is 6. The average Bonchev–Trinajstić information content (AvgIpc) is 2.80. The number of hydrogen-bond acceptors (Lipinski definition) is 1. The molecule has 0 spiro atoms. The summed E-state index contributed by atoms with van der Waals surface area (Å²) in [5.74, 6) is 0.210. The van der Waals surface area contributed by atoms with E-state index in [1.807, 2.05) is 12.1 Å². The van der Waals surface area contributed by atoms with Gasteiger partial charge in [-0.25, -0.2) is 0 Å². The van der Waals surface area contributed by atoms with Gasteiger partial charge in [0.05, 0.1) is 0 Å². The molecule has 2 aromatic rings. The molecule has 0 radical (unpaired) electrons. The summed E-state index contributed by atoms with van der Waals surface area (Å²) in [6.45, 7) is 7.35. The minimum Gasteiger partial charge on any atom is -0.353 e. The smallest absolute Gasteiger partial charge is 0.220 e. The van der Waals surface area contributed by atoms with Gasteiger partial charge in [0.15, 0.2) is 0 Å². The summed E-state index contributed by atoms with van der Waals surface area (Å²) in [5, 5.41) is 3.34. The van der Waals surface area contributed by atoms with E-state index >= 15 is 0 Å². The maximum absolute atomic E-state index is 12.8. The molecule has 1 amide bonds. The van der Waals surface area contributed by atoms with Crippen molar-refractivity contribution in [3.05, 3.63) is 71.8 Å². The molecule has 0 saturated carbocycles. The molecule has 0 bridgehead atoms. The van der Waals surface area contributed by atoms with Crippen LogP contribution < -0.4 is 5.32 Å². The normalized spacial score (nSPS) is 11.6. The van der Waals surface area contributed by atoms with Gasteiger partial charge in [-0.1, -0.05) is 138 Å². The Labute approximate surface area is 204 Å². The molecule has 0 aliphatic carbocycles. The molecule has 2 rings (SSSR count). The summed E-state index contributed by atoms with van der Waals surface area (Å²) in [4.78, 5) is 12.8. The first-order valence-corrected chi connectivity index (χ1v) is 16.8. The topological polar surface area (TPSA) is 29.1 Å². The molecular formula is C30H47NOSi. The Balaban J connectivity index is 1.71. The van der Waals surface area contributed by atoms with Crippen molar-refractivity contribution >= 4 is 14.0 Å². The second-order valence-electron chi connectivity index (χ2n) is 10.5. The van der Waals surface area contributed by atoms with Crippen LogP contribution in [0.15, 0.2) is 60.7 Å². The van der Waals surface area contributed by atoms with E-state index in [1.54, 1.807) is 0 Å². The predicted octanol–water partition coefficient (Wildman–Crippen LogP) is 8.20. The van der Waals surface area contributed by atoms with Crippen LogP contribution in [0.3, 0.4) is 0 Å². The van der Waals surface area contributed by atoms with E-state index in [9.17, 15) is 4.79 Å². The highest BCUT2D eigenvalue weighted by Gasteiger charge is 2.20. The molecule has 33 heavy (non-hydrogen) atoms. The second kappa shape index (κ2) is 15.9. The lowest BCUT2D eigenvalue weighted by molar-refractivity contribution is -0.121. The van der Waals surface area contributed by atoms with Crippen molar-refractivity contribution < 1.29 is 4.79 Å². The molecule has 0 atom stereocenters. The van der Waals surface area contributed by atoms with Crippen molar-refractivity contribution in [3.8, 4) is 0 Å². The van der Waals surface area contributed by atoms with E-state index in [-0.39, 0.29) is 11.9 Å². The zero-order valence-electron chi connectivity index (χ0n) is 21.5. The second-order valence-corrected chi connectivity index (χ2v) is 15.9. The van der Waals surface area contributed by atoms with Crippen LogP contribution in [0.5, 0.6) is 0 Å². The third kappa shape index (κ3) is 12.8. The highest BCUT2D eigenvalue weighted by molar-refractivity contribution is 6.77. The summed E-state index contributed by atoms with van der Waals surface area (Å²) in [6, 6.07) is 24.0. The van der Waals surface area contributed by atoms with E-state index in [0.717, 1.165) is 19.3 Å². The van der Waals surface area contributed by atoms with Gasteiger partial charge in [0.1, 0.15) is 0 Å². The van der Waals surface area contributed by atoms with Crippen LogP contribution in [0.2, 0.25) is 25.2 Å². The molecule has 0 aliphatic rings. The van der Waals surface area contributed by atoms with Gasteiger partial charge in [-0.3, -0.25) is 4.79 Å². The minimum atomic E-state index is -1.11. The maximum atomic E-state index is 12.8. The lowest BCUT2D eigenvalue weighted by Gasteiger charge is -2.22. The number of benzene rings is 2. The first kappa shape index (κ1) is 27.4. The van der Waals surface area contributed by atoms with Gasteiger partial charge in [-0.15, -0.1) is 0 Å². The Kier molecular flexibility index (Phi) is 13.2. The fraction of sp³-hybridized carbons (Fsp3) is 0.567. The highest BCUT2D eigenvalue weighted by Crippen LogP contribution is 2.23. The van der Waals surface area contributed by atoms with Gasteiger partial charge in [0.2, 0.25) is 5.91 Å². The lowest BCUT2D eigenvalue weighted by atomic mass is 9.98. The third-order valence-corrected chi connectivity index (χ3v) is 10.1. The summed E-state index contributed by atoms with van der Waals surface area (Å²) in [5.41, 5.74) is 2.56. The summed E-state index contributed by atoms with van der Waals surface area (Å²) in [7, 11) is -1.11. The fourth-order valence-corrected chi connectivity index (χ4v) is 7.33. The van der Waals surface area contributed by atoms with Crippen LogP contribution in [0.1, 0.15) is 75.8 Å². The van der Waals surface area contributed by atoms with Gasteiger partial charge in [-0.2, -0.15) is 0 Å². The molecule has 1 N–H and O–H groups in total. The van der Waals surface area contributed by atoms with Gasteiger partial charge >= 0.3 is 0 Å². The summed E-state index contributed by atoms with van der Waals surface area (Å²) >= 11 is 0. The van der Waals surface area contributed by atoms with Crippen LogP contribution in [-0.4, -0.2) is 20.0 Å². The lowest BCUT2D eigenvalue weighted by Crippen LogP contribution is -2.38. The number of hydrogen-bond donors (Lipinski definition) is 1. The Hall–Kier alpha value is -1.87. The van der Waals surface area contributed by atoms with Crippen molar-refractivity contribution in [1.82, 2.24) is 5.32 Å². The molecule has 2 nitrogen and oxygen atoms in total. The monoisotopic (exact) mass is 465 g/mol. The zero-order valence-corrected chi connectivity index (χ0v) is 22.5. The van der Waals surface area contributed by atoms with Crippen molar-refractivity contribution in [2.24, 2.45) is 0 Å². The fourth-order valence-electron chi connectivity index (χ4n) is 4.67. The average molecular weight is 466 g/mol. The van der Waals surface area contributed by atoms with Gasteiger partial charge in [0.25, 0.3) is 0 Å². The zero-order chi connectivity index (χ0) is 23.8. The number of amides is 1. The van der Waals surface area contributed by atoms with E-state index in [1.165, 1.54) is 68.2 Å². The maximum Gasteiger partial charge on any atom is 0.220 e. The number of carbonyl (C=O) groups is 1. The van der Waals surface area contributed by atoms with Gasteiger partial charge in [0, 0.05) is 20.5 Å². The molecule has 182 valence electrons. The van der Waals surface area contributed by atoms with Crippen LogP contribution >= 0.6 is 0 Å². The SMILES string of the molecule is CCCCCCCC[Si](C)(C)CCCCC(=O)NC(Cc1ccccc1)Cc1ccccc1. The first-order valence-electron chi connectivity index (χ1n) is 13.4. The Bertz CT molecular complexity index is 718. The van der Waals surface area contributed by atoms with E-state index in [0.29, 0.717) is 6.42 Å². The molecule has 0 saturated heterocycles. The van der Waals surface area contributed by atoms with E-state index in [2.05, 4.69) is 73.9 Å². The van der Waals surface area contributed by atoms with E-state index < -0.39 is 8.07 Å². The van der Waals surface area contributed by atoms with Crippen molar-refractivity contribution in [3.63, 3.8) is 0 Å². The summed E-state index contributed by atoms with van der Waals surface area (Å²) < 4.78 is 0. The third-order valence-electron chi connectivity index (χ3n) is 6.73. The van der Waals surface area contributed by atoms with E-state index in [4.69, 9.17) is 0 Å². The van der Waals surface area contributed by atoms with Crippen LogP contribution in [-0.2, 0) is 17.6 Å². The van der Waals surface area contributed by atoms with Gasteiger partial charge in [-0.05, 0) is 30.4 Å². The molecule has 3 heteroatoms. The van der Waals surface area contributed by atoms with Crippen LogP contribution in [0.4, 0.5) is 0 Å². The molecule has 2 aromatic carbocycles. The molecule has 0 unspecified atom stereocenters. The molecule has 0 aliphatic heterocycles.